The predicted molar refractivity (Wildman–Crippen MR) is 63.2 cm³/mol. The van der Waals surface area contributed by atoms with Gasteiger partial charge >= 0.3 is 5.97 Å². The molecule has 1 aromatic heterocycles. The minimum absolute atomic E-state index is 0.298. The van der Waals surface area contributed by atoms with E-state index in [9.17, 15) is 4.79 Å². The molecule has 0 N–H and O–H groups in total. The van der Waals surface area contributed by atoms with Crippen LogP contribution in [0.1, 0.15) is 12.0 Å². The van der Waals surface area contributed by atoms with E-state index in [1.165, 1.54) is 7.11 Å². The third-order valence-corrected chi connectivity index (χ3v) is 2.46. The van der Waals surface area contributed by atoms with Gasteiger partial charge in [0.1, 0.15) is 0 Å². The fourth-order valence-corrected chi connectivity index (χ4v) is 1.65. The molecule has 2 aromatic rings. The van der Waals surface area contributed by atoms with Gasteiger partial charge in [0.15, 0.2) is 0 Å². The highest BCUT2D eigenvalue weighted by Gasteiger charge is 2.04. The molecule has 0 fully saturated rings. The maximum atomic E-state index is 11.1. The second-order valence-corrected chi connectivity index (χ2v) is 3.65. The van der Waals surface area contributed by atoms with E-state index in [0.29, 0.717) is 12.8 Å². The van der Waals surface area contributed by atoms with Crippen LogP contribution in [0, 0.1) is 0 Å². The average molecular weight is 231 g/mol. The Morgan fingerprint density at radius 2 is 2.24 bits per heavy atom. The minimum Gasteiger partial charge on any atom is -0.299 e. The second kappa shape index (κ2) is 5.41. The number of benzene rings is 1. The molecule has 17 heavy (non-hydrogen) atoms. The van der Waals surface area contributed by atoms with Crippen molar-refractivity contribution in [1.82, 2.24) is 4.98 Å². The Morgan fingerprint density at radius 3 is 3.06 bits per heavy atom. The van der Waals surface area contributed by atoms with Crippen molar-refractivity contribution in [3.05, 3.63) is 42.1 Å². The number of nitrogens with zero attached hydrogens (tertiary/aromatic N) is 1. The topological polar surface area (TPSA) is 48.4 Å². The van der Waals surface area contributed by atoms with E-state index in [-0.39, 0.29) is 5.97 Å². The number of aryl methyl sites for hydroxylation is 1. The van der Waals surface area contributed by atoms with E-state index in [1.54, 1.807) is 6.20 Å². The first-order valence-corrected chi connectivity index (χ1v) is 5.37. The van der Waals surface area contributed by atoms with Crippen molar-refractivity contribution in [1.29, 1.82) is 0 Å². The number of carbonyl (C=O) groups excluding carboxylic acids is 1. The number of hydrogen-bond acceptors (Lipinski definition) is 4. The standard InChI is InChI=1S/C13H13NO3/c1-16-17-13(15)7-5-10-4-6-11-3-2-8-14-12(11)9-10/h2-4,6,8-9H,5,7H2,1H3. The maximum absolute atomic E-state index is 11.1. The lowest BCUT2D eigenvalue weighted by atomic mass is 10.1. The number of fused-ring (bicyclic) bond motifs is 1. The highest BCUT2D eigenvalue weighted by molar-refractivity contribution is 5.79. The lowest BCUT2D eigenvalue weighted by Crippen LogP contribution is -2.04. The van der Waals surface area contributed by atoms with Crippen LogP contribution < -0.4 is 0 Å². The highest BCUT2D eigenvalue weighted by Crippen LogP contribution is 2.14. The largest absolute Gasteiger partial charge is 0.342 e. The van der Waals surface area contributed by atoms with E-state index in [4.69, 9.17) is 0 Å². The van der Waals surface area contributed by atoms with Crippen LogP contribution in [0.25, 0.3) is 10.9 Å². The predicted octanol–water partition coefficient (Wildman–Crippen LogP) is 2.27. The Kier molecular flexibility index (Phi) is 3.67. The molecule has 0 spiro atoms. The number of pyridine rings is 1. The molecule has 2 rings (SSSR count). The van der Waals surface area contributed by atoms with Gasteiger partial charge in [-0.3, -0.25) is 9.87 Å². The number of rotatable bonds is 4. The molecule has 0 radical (unpaired) electrons. The minimum atomic E-state index is -0.367. The monoisotopic (exact) mass is 231 g/mol. The smallest absolute Gasteiger partial charge is 0.299 e. The summed E-state index contributed by atoms with van der Waals surface area (Å²) in [6.45, 7) is 0. The molecule has 1 aromatic carbocycles. The van der Waals surface area contributed by atoms with Crippen molar-refractivity contribution >= 4 is 16.9 Å². The van der Waals surface area contributed by atoms with Crippen LogP contribution in [0.4, 0.5) is 0 Å². The van der Waals surface area contributed by atoms with Gasteiger partial charge in [-0.1, -0.05) is 18.2 Å². The molecule has 0 atom stereocenters. The maximum Gasteiger partial charge on any atom is 0.342 e. The highest BCUT2D eigenvalue weighted by atomic mass is 17.2. The molecule has 1 heterocycles. The Labute approximate surface area is 99.1 Å². The van der Waals surface area contributed by atoms with Gasteiger partial charge in [0.05, 0.1) is 19.0 Å². The number of carbonyl (C=O) groups is 1. The zero-order valence-electron chi connectivity index (χ0n) is 9.55. The van der Waals surface area contributed by atoms with E-state index in [0.717, 1.165) is 16.5 Å². The van der Waals surface area contributed by atoms with Gasteiger partial charge in [-0.2, -0.15) is 4.89 Å². The molecule has 0 amide bonds. The third kappa shape index (κ3) is 3.01. The Bertz CT molecular complexity index is 525. The van der Waals surface area contributed by atoms with Crippen LogP contribution in [0.5, 0.6) is 0 Å². The number of aromatic nitrogens is 1. The SMILES string of the molecule is COOC(=O)CCc1ccc2cccnc2c1. The molecule has 4 nitrogen and oxygen atoms in total. The summed E-state index contributed by atoms with van der Waals surface area (Å²) >= 11 is 0. The van der Waals surface area contributed by atoms with Crippen LogP contribution in [0.15, 0.2) is 36.5 Å². The zero-order valence-corrected chi connectivity index (χ0v) is 9.55. The van der Waals surface area contributed by atoms with Gasteiger partial charge in [0.25, 0.3) is 0 Å². The summed E-state index contributed by atoms with van der Waals surface area (Å²) in [6, 6.07) is 9.88. The van der Waals surface area contributed by atoms with Crippen molar-refractivity contribution in [3.63, 3.8) is 0 Å². The number of hydrogen-bond donors (Lipinski definition) is 0. The summed E-state index contributed by atoms with van der Waals surface area (Å²) in [5.74, 6) is -0.367. The van der Waals surface area contributed by atoms with Crippen LogP contribution >= 0.6 is 0 Å². The first-order valence-electron chi connectivity index (χ1n) is 5.37. The molecule has 0 aliphatic heterocycles. The van der Waals surface area contributed by atoms with E-state index in [1.807, 2.05) is 30.3 Å². The molecule has 0 unspecified atom stereocenters. The van der Waals surface area contributed by atoms with E-state index in [2.05, 4.69) is 14.8 Å². The van der Waals surface area contributed by atoms with Crippen LogP contribution in [-0.4, -0.2) is 18.1 Å². The van der Waals surface area contributed by atoms with Crippen LogP contribution in [0.2, 0.25) is 0 Å². The van der Waals surface area contributed by atoms with Gasteiger partial charge in [-0.05, 0) is 24.1 Å². The van der Waals surface area contributed by atoms with E-state index >= 15 is 0 Å². The molecule has 4 heteroatoms. The summed E-state index contributed by atoms with van der Waals surface area (Å²) in [6.07, 6.45) is 2.67. The van der Waals surface area contributed by atoms with Crippen LogP contribution in [0.3, 0.4) is 0 Å². The Morgan fingerprint density at radius 1 is 1.35 bits per heavy atom. The lowest BCUT2D eigenvalue weighted by molar-refractivity contribution is -0.254. The molecule has 0 saturated heterocycles. The van der Waals surface area contributed by atoms with Gasteiger partial charge in [0.2, 0.25) is 0 Å². The summed E-state index contributed by atoms with van der Waals surface area (Å²) in [4.78, 5) is 24.1. The zero-order chi connectivity index (χ0) is 12.1. The van der Waals surface area contributed by atoms with E-state index < -0.39 is 0 Å². The summed E-state index contributed by atoms with van der Waals surface area (Å²) in [5, 5.41) is 1.09. The lowest BCUT2D eigenvalue weighted by Gasteiger charge is -2.02. The van der Waals surface area contributed by atoms with Crippen molar-refractivity contribution in [2.24, 2.45) is 0 Å². The molecule has 0 bridgehead atoms. The summed E-state index contributed by atoms with van der Waals surface area (Å²) < 4.78 is 0. The van der Waals surface area contributed by atoms with Gasteiger partial charge in [-0.25, -0.2) is 4.79 Å². The molecule has 88 valence electrons. The Balaban J connectivity index is 2.06. The molecule has 0 aliphatic carbocycles. The van der Waals surface area contributed by atoms with Crippen molar-refractivity contribution in [3.8, 4) is 0 Å². The van der Waals surface area contributed by atoms with Crippen LogP contribution in [-0.2, 0) is 21.0 Å². The fourth-order valence-electron chi connectivity index (χ4n) is 1.65. The normalized spacial score (nSPS) is 10.4. The van der Waals surface area contributed by atoms with Crippen molar-refractivity contribution in [2.45, 2.75) is 12.8 Å². The summed E-state index contributed by atoms with van der Waals surface area (Å²) in [5.41, 5.74) is 1.99. The van der Waals surface area contributed by atoms with Gasteiger partial charge in [0, 0.05) is 11.6 Å². The quantitative estimate of drug-likeness (QED) is 0.598. The first kappa shape index (κ1) is 11.5. The van der Waals surface area contributed by atoms with Gasteiger partial charge in [-0.15, -0.1) is 0 Å². The summed E-state index contributed by atoms with van der Waals surface area (Å²) in [7, 11) is 1.32. The first-order chi connectivity index (χ1) is 8.29. The van der Waals surface area contributed by atoms with Gasteiger partial charge < -0.3 is 0 Å². The van der Waals surface area contributed by atoms with Crippen molar-refractivity contribution < 1.29 is 14.6 Å². The molecular weight excluding hydrogens is 218 g/mol. The van der Waals surface area contributed by atoms with Crippen molar-refractivity contribution in [2.75, 3.05) is 7.11 Å². The third-order valence-electron chi connectivity index (χ3n) is 2.46. The second-order valence-electron chi connectivity index (χ2n) is 3.65. The average Bonchev–Trinajstić information content (AvgIpc) is 2.36. The fraction of sp³-hybridized carbons (Fsp3) is 0.231. The molecule has 0 aliphatic rings. The Hall–Kier alpha value is -1.94. The molecule has 0 saturated carbocycles. The molecular formula is C13H13NO3.